The maximum Gasteiger partial charge on any atom is 0.0700 e. The third-order valence-electron chi connectivity index (χ3n) is 3.70. The Bertz CT molecular complexity index is 194. The fraction of sp³-hybridized carbons (Fsp3) is 1.00. The third-order valence-corrected chi connectivity index (χ3v) is 3.70. The minimum Gasteiger partial charge on any atom is -0.382 e. The Balaban J connectivity index is 1.76. The van der Waals surface area contributed by atoms with Crippen molar-refractivity contribution >= 4 is 0 Å². The van der Waals surface area contributed by atoms with E-state index in [1.54, 1.807) is 7.11 Å². The lowest BCUT2D eigenvalue weighted by Gasteiger charge is -2.26. The Kier molecular flexibility index (Phi) is 10.4. The first-order valence-electron chi connectivity index (χ1n) is 7.70. The quantitative estimate of drug-likeness (QED) is 0.586. The van der Waals surface area contributed by atoms with Crippen molar-refractivity contribution in [3.63, 3.8) is 0 Å². The molecule has 1 aliphatic carbocycles. The van der Waals surface area contributed by atoms with Crippen LogP contribution in [0.2, 0.25) is 0 Å². The van der Waals surface area contributed by atoms with Crippen molar-refractivity contribution in [3.05, 3.63) is 0 Å². The Labute approximate surface area is 118 Å². The van der Waals surface area contributed by atoms with E-state index in [9.17, 15) is 0 Å². The van der Waals surface area contributed by atoms with Crippen molar-refractivity contribution in [3.8, 4) is 0 Å². The van der Waals surface area contributed by atoms with Crippen LogP contribution < -0.4 is 5.32 Å². The lowest BCUT2D eigenvalue weighted by atomic mass is 9.87. The van der Waals surface area contributed by atoms with E-state index in [1.165, 1.54) is 25.7 Å². The molecule has 4 nitrogen and oxygen atoms in total. The molecule has 0 unspecified atom stereocenters. The van der Waals surface area contributed by atoms with Crippen molar-refractivity contribution in [1.82, 2.24) is 5.32 Å². The van der Waals surface area contributed by atoms with E-state index in [1.807, 2.05) is 0 Å². The number of hydrogen-bond donors (Lipinski definition) is 1. The number of ether oxygens (including phenoxy) is 3. The summed E-state index contributed by atoms with van der Waals surface area (Å²) in [6.07, 6.45) is 6.36. The van der Waals surface area contributed by atoms with Crippen molar-refractivity contribution in [2.75, 3.05) is 46.7 Å². The van der Waals surface area contributed by atoms with Gasteiger partial charge in [-0.15, -0.1) is 0 Å². The van der Waals surface area contributed by atoms with Crippen LogP contribution in [0.25, 0.3) is 0 Å². The predicted molar refractivity (Wildman–Crippen MR) is 77.6 cm³/mol. The van der Waals surface area contributed by atoms with Crippen LogP contribution in [0.4, 0.5) is 0 Å². The maximum atomic E-state index is 5.58. The topological polar surface area (TPSA) is 39.7 Å². The SMILES string of the molecule is COCCOCCCOCCNC1CCC(C)CC1. The monoisotopic (exact) mass is 273 g/mol. The van der Waals surface area contributed by atoms with Gasteiger partial charge in [0, 0.05) is 32.9 Å². The Hall–Kier alpha value is -0.160. The molecule has 0 aliphatic heterocycles. The van der Waals surface area contributed by atoms with E-state index < -0.39 is 0 Å². The molecule has 4 heteroatoms. The zero-order valence-electron chi connectivity index (χ0n) is 12.7. The summed E-state index contributed by atoms with van der Waals surface area (Å²) in [6.45, 7) is 7.04. The van der Waals surface area contributed by atoms with Crippen molar-refractivity contribution < 1.29 is 14.2 Å². The highest BCUT2D eigenvalue weighted by Crippen LogP contribution is 2.23. The van der Waals surface area contributed by atoms with Gasteiger partial charge < -0.3 is 19.5 Å². The van der Waals surface area contributed by atoms with Gasteiger partial charge in [-0.1, -0.05) is 6.92 Å². The molecule has 0 atom stereocenters. The molecule has 1 saturated carbocycles. The summed E-state index contributed by atoms with van der Waals surface area (Å²) in [5, 5.41) is 3.59. The molecule has 1 rings (SSSR count). The molecule has 1 aliphatic rings. The number of methoxy groups -OCH3 is 1. The summed E-state index contributed by atoms with van der Waals surface area (Å²) in [6, 6.07) is 0.720. The molecular formula is C15H31NO3. The molecule has 114 valence electrons. The average Bonchev–Trinajstić information content (AvgIpc) is 2.43. The van der Waals surface area contributed by atoms with Crippen LogP contribution in [-0.2, 0) is 14.2 Å². The van der Waals surface area contributed by atoms with Crippen LogP contribution in [0.15, 0.2) is 0 Å². The molecule has 0 spiro atoms. The lowest BCUT2D eigenvalue weighted by Crippen LogP contribution is -2.35. The fourth-order valence-electron chi connectivity index (χ4n) is 2.41. The van der Waals surface area contributed by atoms with Crippen LogP contribution in [0.1, 0.15) is 39.0 Å². The number of hydrogen-bond acceptors (Lipinski definition) is 4. The lowest BCUT2D eigenvalue weighted by molar-refractivity contribution is 0.0514. The summed E-state index contributed by atoms with van der Waals surface area (Å²) < 4.78 is 15.8. The fourth-order valence-corrected chi connectivity index (χ4v) is 2.41. The first-order chi connectivity index (χ1) is 9.33. The summed E-state index contributed by atoms with van der Waals surface area (Å²) in [5.74, 6) is 0.924. The van der Waals surface area contributed by atoms with Crippen LogP contribution in [-0.4, -0.2) is 52.7 Å². The van der Waals surface area contributed by atoms with E-state index in [2.05, 4.69) is 12.2 Å². The van der Waals surface area contributed by atoms with E-state index in [4.69, 9.17) is 14.2 Å². The van der Waals surface area contributed by atoms with Crippen LogP contribution >= 0.6 is 0 Å². The van der Waals surface area contributed by atoms with Crippen LogP contribution in [0, 0.1) is 5.92 Å². The highest BCUT2D eigenvalue weighted by atomic mass is 16.5. The summed E-state index contributed by atoms with van der Waals surface area (Å²) in [5.41, 5.74) is 0. The zero-order chi connectivity index (χ0) is 13.8. The molecule has 0 heterocycles. The number of nitrogens with one attached hydrogen (secondary N) is 1. The van der Waals surface area contributed by atoms with E-state index >= 15 is 0 Å². The second kappa shape index (κ2) is 11.6. The third kappa shape index (κ3) is 9.38. The van der Waals surface area contributed by atoms with Gasteiger partial charge in [-0.2, -0.15) is 0 Å². The largest absolute Gasteiger partial charge is 0.382 e. The second-order valence-corrected chi connectivity index (χ2v) is 5.48. The summed E-state index contributed by atoms with van der Waals surface area (Å²) in [7, 11) is 1.69. The molecule has 0 aromatic heterocycles. The normalized spacial score (nSPS) is 23.7. The Morgan fingerprint density at radius 2 is 1.58 bits per heavy atom. The smallest absolute Gasteiger partial charge is 0.0700 e. The van der Waals surface area contributed by atoms with E-state index in [0.29, 0.717) is 13.2 Å². The van der Waals surface area contributed by atoms with Crippen LogP contribution in [0.5, 0.6) is 0 Å². The standard InChI is InChI=1S/C15H31NO3/c1-14-4-6-15(7-5-14)16-8-11-18-9-3-10-19-13-12-17-2/h14-16H,3-13H2,1-2H3. The highest BCUT2D eigenvalue weighted by Gasteiger charge is 2.16. The highest BCUT2D eigenvalue weighted by molar-refractivity contribution is 4.74. The van der Waals surface area contributed by atoms with Gasteiger partial charge in [-0.3, -0.25) is 0 Å². The van der Waals surface area contributed by atoms with Gasteiger partial charge in [0.25, 0.3) is 0 Å². The van der Waals surface area contributed by atoms with Gasteiger partial charge >= 0.3 is 0 Å². The molecule has 0 aromatic rings. The molecule has 1 N–H and O–H groups in total. The summed E-state index contributed by atoms with van der Waals surface area (Å²) in [4.78, 5) is 0. The van der Waals surface area contributed by atoms with Crippen LogP contribution in [0.3, 0.4) is 0 Å². The number of rotatable bonds is 11. The maximum absolute atomic E-state index is 5.58. The predicted octanol–water partition coefficient (Wildman–Crippen LogP) is 2.22. The second-order valence-electron chi connectivity index (χ2n) is 5.48. The first kappa shape index (κ1) is 16.9. The molecule has 1 fully saturated rings. The van der Waals surface area contributed by atoms with Gasteiger partial charge in [0.2, 0.25) is 0 Å². The first-order valence-corrected chi connectivity index (χ1v) is 7.70. The van der Waals surface area contributed by atoms with Gasteiger partial charge in [0.05, 0.1) is 19.8 Å². The van der Waals surface area contributed by atoms with Gasteiger partial charge in [-0.05, 0) is 38.0 Å². The van der Waals surface area contributed by atoms with E-state index in [-0.39, 0.29) is 0 Å². The van der Waals surface area contributed by atoms with Gasteiger partial charge in [0.15, 0.2) is 0 Å². The minimum absolute atomic E-state index is 0.671. The molecule has 0 saturated heterocycles. The average molecular weight is 273 g/mol. The molecule has 0 radical (unpaired) electrons. The molecular weight excluding hydrogens is 242 g/mol. The zero-order valence-corrected chi connectivity index (χ0v) is 12.7. The summed E-state index contributed by atoms with van der Waals surface area (Å²) >= 11 is 0. The molecule has 19 heavy (non-hydrogen) atoms. The van der Waals surface area contributed by atoms with Crippen molar-refractivity contribution in [1.29, 1.82) is 0 Å². The Morgan fingerprint density at radius 3 is 2.26 bits per heavy atom. The van der Waals surface area contributed by atoms with E-state index in [0.717, 1.165) is 44.7 Å². The van der Waals surface area contributed by atoms with Crippen molar-refractivity contribution in [2.24, 2.45) is 5.92 Å². The Morgan fingerprint density at radius 1 is 0.895 bits per heavy atom. The van der Waals surface area contributed by atoms with Crippen molar-refractivity contribution in [2.45, 2.75) is 45.1 Å². The molecule has 0 bridgehead atoms. The minimum atomic E-state index is 0.671. The van der Waals surface area contributed by atoms with Gasteiger partial charge in [0.1, 0.15) is 0 Å². The molecule has 0 amide bonds. The molecule has 0 aromatic carbocycles. The van der Waals surface area contributed by atoms with Gasteiger partial charge in [-0.25, -0.2) is 0 Å².